The molecule has 0 amide bonds. The zero-order valence-electron chi connectivity index (χ0n) is 14.2. The molecule has 1 aliphatic carbocycles. The lowest BCUT2D eigenvalue weighted by atomic mass is 10.0. The molecule has 5 nitrogen and oxygen atoms in total. The number of hydrogen-bond acceptors (Lipinski definition) is 4. The number of pyridine rings is 1. The molecule has 1 aliphatic rings. The molecule has 1 saturated carbocycles. The van der Waals surface area contributed by atoms with Crippen molar-refractivity contribution in [2.45, 2.75) is 25.8 Å². The van der Waals surface area contributed by atoms with E-state index in [1.165, 1.54) is 13.2 Å². The second-order valence-corrected chi connectivity index (χ2v) is 8.24. The Morgan fingerprint density at radius 1 is 1.28 bits per heavy atom. The molecular weight excluding hydrogens is 343 g/mol. The van der Waals surface area contributed by atoms with Gasteiger partial charge < -0.3 is 4.74 Å². The van der Waals surface area contributed by atoms with Crippen molar-refractivity contribution in [3.63, 3.8) is 0 Å². The van der Waals surface area contributed by atoms with Crippen molar-refractivity contribution < 1.29 is 17.5 Å². The van der Waals surface area contributed by atoms with E-state index >= 15 is 0 Å². The van der Waals surface area contributed by atoms with Crippen LogP contribution in [0.4, 0.5) is 4.39 Å². The normalized spacial score (nSPS) is 15.8. The predicted molar refractivity (Wildman–Crippen MR) is 94.2 cm³/mol. The molecule has 1 heterocycles. The van der Waals surface area contributed by atoms with E-state index in [0.29, 0.717) is 5.56 Å². The molecule has 0 spiro atoms. The van der Waals surface area contributed by atoms with Gasteiger partial charge in [0.15, 0.2) is 11.6 Å². The van der Waals surface area contributed by atoms with Crippen LogP contribution in [0.1, 0.15) is 31.4 Å². The quantitative estimate of drug-likeness (QED) is 0.819. The van der Waals surface area contributed by atoms with Crippen molar-refractivity contribution in [3.05, 3.63) is 48.0 Å². The number of ether oxygens (including phenoxy) is 1. The van der Waals surface area contributed by atoms with Crippen LogP contribution in [0.25, 0.3) is 11.1 Å². The van der Waals surface area contributed by atoms with Crippen LogP contribution in [0.5, 0.6) is 5.75 Å². The van der Waals surface area contributed by atoms with Crippen LogP contribution in [0.15, 0.2) is 36.7 Å². The smallest absolute Gasteiger partial charge is 0.211 e. The summed E-state index contributed by atoms with van der Waals surface area (Å²) in [4.78, 5) is 4.23. The lowest BCUT2D eigenvalue weighted by Gasteiger charge is -2.18. The van der Waals surface area contributed by atoms with E-state index < -0.39 is 15.8 Å². The first-order valence-electron chi connectivity index (χ1n) is 8.22. The topological polar surface area (TPSA) is 68.3 Å². The van der Waals surface area contributed by atoms with Gasteiger partial charge in [-0.05, 0) is 55.0 Å². The molecule has 2 aromatic rings. The van der Waals surface area contributed by atoms with Crippen molar-refractivity contribution in [2.24, 2.45) is 5.92 Å². The summed E-state index contributed by atoms with van der Waals surface area (Å²) in [6.45, 7) is 1.61. The fourth-order valence-electron chi connectivity index (χ4n) is 2.77. The van der Waals surface area contributed by atoms with Gasteiger partial charge in [0.2, 0.25) is 10.0 Å². The molecule has 1 aromatic carbocycles. The van der Waals surface area contributed by atoms with E-state index in [-0.39, 0.29) is 23.5 Å². The maximum Gasteiger partial charge on any atom is 0.211 e. The highest BCUT2D eigenvalue weighted by Crippen LogP contribution is 2.42. The summed E-state index contributed by atoms with van der Waals surface area (Å²) in [6.07, 6.45) is 5.28. The molecule has 1 aromatic heterocycles. The molecule has 3 rings (SSSR count). The highest BCUT2D eigenvalue weighted by Gasteiger charge is 2.35. The molecule has 134 valence electrons. The van der Waals surface area contributed by atoms with Gasteiger partial charge in [-0.15, -0.1) is 0 Å². The summed E-state index contributed by atoms with van der Waals surface area (Å²) in [5, 5.41) is 0. The summed E-state index contributed by atoms with van der Waals surface area (Å²) in [5.74, 6) is 0.0498. The molecule has 1 unspecified atom stereocenters. The zero-order chi connectivity index (χ0) is 18.0. The highest BCUT2D eigenvalue weighted by molar-refractivity contribution is 7.89. The minimum absolute atomic E-state index is 0.0348. The third kappa shape index (κ3) is 4.16. The third-order valence-electron chi connectivity index (χ3n) is 4.38. The molecule has 7 heteroatoms. The summed E-state index contributed by atoms with van der Waals surface area (Å²) in [7, 11) is -1.90. The van der Waals surface area contributed by atoms with Crippen LogP contribution in [-0.2, 0) is 10.0 Å². The Morgan fingerprint density at radius 3 is 2.64 bits per heavy atom. The van der Waals surface area contributed by atoms with Crippen molar-refractivity contribution in [1.29, 1.82) is 0 Å². The van der Waals surface area contributed by atoms with E-state index in [1.807, 2.05) is 6.07 Å². The van der Waals surface area contributed by atoms with Gasteiger partial charge in [-0.3, -0.25) is 4.98 Å². The first kappa shape index (κ1) is 17.8. The largest absolute Gasteiger partial charge is 0.494 e. The van der Waals surface area contributed by atoms with Crippen LogP contribution >= 0.6 is 0 Å². The number of methoxy groups -OCH3 is 1. The van der Waals surface area contributed by atoms with Gasteiger partial charge in [-0.25, -0.2) is 17.5 Å². The predicted octanol–water partition coefficient (Wildman–Crippen LogP) is 3.29. The number of rotatable bonds is 7. The molecule has 0 saturated heterocycles. The summed E-state index contributed by atoms with van der Waals surface area (Å²) < 4.78 is 45.7. The summed E-state index contributed by atoms with van der Waals surface area (Å²) in [6, 6.07) is 6.29. The van der Waals surface area contributed by atoms with Gasteiger partial charge in [-0.2, -0.15) is 0 Å². The Hall–Kier alpha value is -1.99. The second-order valence-electron chi connectivity index (χ2n) is 6.19. The van der Waals surface area contributed by atoms with Gasteiger partial charge in [-0.1, -0.05) is 6.07 Å². The Labute approximate surface area is 147 Å². The minimum atomic E-state index is -3.32. The van der Waals surface area contributed by atoms with E-state index in [0.717, 1.165) is 24.0 Å². The highest BCUT2D eigenvalue weighted by atomic mass is 32.2. The third-order valence-corrected chi connectivity index (χ3v) is 5.76. The van der Waals surface area contributed by atoms with E-state index in [2.05, 4.69) is 9.71 Å². The first-order chi connectivity index (χ1) is 11.9. The molecule has 25 heavy (non-hydrogen) atoms. The number of benzene rings is 1. The Balaban J connectivity index is 1.93. The lowest BCUT2D eigenvalue weighted by molar-refractivity contribution is 0.386. The van der Waals surface area contributed by atoms with E-state index in [4.69, 9.17) is 4.74 Å². The molecule has 0 radical (unpaired) electrons. The van der Waals surface area contributed by atoms with Crippen molar-refractivity contribution in [2.75, 3.05) is 12.9 Å². The molecule has 1 N–H and O–H groups in total. The van der Waals surface area contributed by atoms with Crippen LogP contribution in [0.2, 0.25) is 0 Å². The molecular formula is C18H21FN2O3S. The lowest BCUT2D eigenvalue weighted by Crippen LogP contribution is -2.31. The molecule has 0 aliphatic heterocycles. The first-order valence-corrected chi connectivity index (χ1v) is 9.87. The maximum absolute atomic E-state index is 14.0. The maximum atomic E-state index is 14.0. The summed E-state index contributed by atoms with van der Waals surface area (Å²) >= 11 is 0. The van der Waals surface area contributed by atoms with Gasteiger partial charge >= 0.3 is 0 Å². The standard InChI is InChI=1S/C18H21FN2O3S/c1-3-25(22,23)21-18(12-4-5-12)15-8-14(10-20-11-15)13-6-7-17(24-2)16(19)9-13/h6-12,18,21H,3-5H2,1-2H3. The van der Waals surface area contributed by atoms with Crippen molar-refractivity contribution in [1.82, 2.24) is 9.71 Å². The minimum Gasteiger partial charge on any atom is -0.494 e. The van der Waals surface area contributed by atoms with E-state index in [9.17, 15) is 12.8 Å². The monoisotopic (exact) mass is 364 g/mol. The Kier molecular flexibility index (Phi) is 5.06. The van der Waals surface area contributed by atoms with Crippen molar-refractivity contribution >= 4 is 10.0 Å². The van der Waals surface area contributed by atoms with Crippen LogP contribution in [-0.4, -0.2) is 26.3 Å². The van der Waals surface area contributed by atoms with Crippen molar-refractivity contribution in [3.8, 4) is 16.9 Å². The number of nitrogens with zero attached hydrogens (tertiary/aromatic N) is 1. The molecule has 1 fully saturated rings. The Morgan fingerprint density at radius 2 is 2.04 bits per heavy atom. The van der Waals surface area contributed by atoms with Crippen LogP contribution in [0.3, 0.4) is 0 Å². The molecule has 1 atom stereocenters. The number of sulfonamides is 1. The fourth-order valence-corrected chi connectivity index (χ4v) is 3.66. The Bertz CT molecular complexity index is 866. The zero-order valence-corrected chi connectivity index (χ0v) is 15.0. The number of hydrogen-bond donors (Lipinski definition) is 1. The van der Waals surface area contributed by atoms with Crippen LogP contribution in [0, 0.1) is 11.7 Å². The second kappa shape index (κ2) is 7.09. The number of nitrogens with one attached hydrogen (secondary N) is 1. The summed E-state index contributed by atoms with van der Waals surface area (Å²) in [5.41, 5.74) is 2.20. The average Bonchev–Trinajstić information content (AvgIpc) is 3.45. The molecule has 0 bridgehead atoms. The number of halogens is 1. The van der Waals surface area contributed by atoms with Crippen LogP contribution < -0.4 is 9.46 Å². The van der Waals surface area contributed by atoms with E-state index in [1.54, 1.807) is 31.5 Å². The van der Waals surface area contributed by atoms with Gasteiger partial charge in [0.1, 0.15) is 0 Å². The van der Waals surface area contributed by atoms with Gasteiger partial charge in [0, 0.05) is 18.0 Å². The van der Waals surface area contributed by atoms with Gasteiger partial charge in [0.05, 0.1) is 18.9 Å². The average molecular weight is 364 g/mol. The van der Waals surface area contributed by atoms with Gasteiger partial charge in [0.25, 0.3) is 0 Å². The SMILES string of the molecule is CCS(=O)(=O)NC(c1cncc(-c2ccc(OC)c(F)c2)c1)C1CC1. The number of aromatic nitrogens is 1. The fraction of sp³-hybridized carbons (Fsp3) is 0.389.